The number of imide groups is 1. The SMILES string of the molecule is C=CCNC(=O)NC(=O)CN(CC)CCC(=O)OC. The Hall–Kier alpha value is -1.89. The maximum absolute atomic E-state index is 11.5. The van der Waals surface area contributed by atoms with Crippen LogP contribution in [0.25, 0.3) is 0 Å². The second-order valence-corrected chi connectivity index (χ2v) is 3.74. The number of hydrogen-bond acceptors (Lipinski definition) is 5. The minimum absolute atomic E-state index is 0.0506. The fourth-order valence-electron chi connectivity index (χ4n) is 1.28. The number of nitrogens with zero attached hydrogens (tertiary/aromatic N) is 1. The van der Waals surface area contributed by atoms with E-state index < -0.39 is 11.9 Å². The summed E-state index contributed by atoms with van der Waals surface area (Å²) < 4.78 is 4.52. The first kappa shape index (κ1) is 17.1. The monoisotopic (exact) mass is 271 g/mol. The van der Waals surface area contributed by atoms with E-state index in [-0.39, 0.29) is 18.9 Å². The third-order valence-corrected chi connectivity index (χ3v) is 2.33. The van der Waals surface area contributed by atoms with E-state index in [1.54, 1.807) is 4.90 Å². The Balaban J connectivity index is 4.02. The molecule has 0 aliphatic heterocycles. The Bertz CT molecular complexity index is 331. The van der Waals surface area contributed by atoms with Gasteiger partial charge in [-0.05, 0) is 6.54 Å². The molecule has 19 heavy (non-hydrogen) atoms. The van der Waals surface area contributed by atoms with E-state index >= 15 is 0 Å². The van der Waals surface area contributed by atoms with Crippen LogP contribution in [-0.2, 0) is 14.3 Å². The van der Waals surface area contributed by atoms with Crippen LogP contribution in [-0.4, -0.2) is 56.1 Å². The topological polar surface area (TPSA) is 87.7 Å². The van der Waals surface area contributed by atoms with E-state index in [0.717, 1.165) is 0 Å². The van der Waals surface area contributed by atoms with Gasteiger partial charge in [0, 0.05) is 13.1 Å². The molecule has 2 N–H and O–H groups in total. The number of hydrogen-bond donors (Lipinski definition) is 2. The summed E-state index contributed by atoms with van der Waals surface area (Å²) in [6.45, 7) is 6.65. The summed E-state index contributed by atoms with van der Waals surface area (Å²) in [5.74, 6) is -0.754. The number of methoxy groups -OCH3 is 1. The van der Waals surface area contributed by atoms with Crippen LogP contribution >= 0.6 is 0 Å². The normalized spacial score (nSPS) is 9.84. The van der Waals surface area contributed by atoms with Gasteiger partial charge in [0.2, 0.25) is 5.91 Å². The smallest absolute Gasteiger partial charge is 0.321 e. The van der Waals surface area contributed by atoms with Crippen molar-refractivity contribution in [2.45, 2.75) is 13.3 Å². The van der Waals surface area contributed by atoms with Gasteiger partial charge in [-0.1, -0.05) is 13.0 Å². The van der Waals surface area contributed by atoms with Gasteiger partial charge in [0.15, 0.2) is 0 Å². The summed E-state index contributed by atoms with van der Waals surface area (Å²) in [6.07, 6.45) is 1.72. The standard InChI is InChI=1S/C12H21N3O4/c1-4-7-13-12(18)14-10(16)9-15(5-2)8-6-11(17)19-3/h4H,1,5-9H2,2-3H3,(H2,13,14,16,18). The van der Waals surface area contributed by atoms with Crippen LogP contribution in [0, 0.1) is 0 Å². The van der Waals surface area contributed by atoms with E-state index in [2.05, 4.69) is 21.9 Å². The van der Waals surface area contributed by atoms with Crippen molar-refractivity contribution < 1.29 is 19.1 Å². The predicted octanol–water partition coefficient (Wildman–Crippen LogP) is -0.117. The highest BCUT2D eigenvalue weighted by Gasteiger charge is 2.13. The van der Waals surface area contributed by atoms with Gasteiger partial charge in [-0.2, -0.15) is 0 Å². The zero-order valence-electron chi connectivity index (χ0n) is 11.4. The zero-order chi connectivity index (χ0) is 14.7. The maximum Gasteiger partial charge on any atom is 0.321 e. The molecule has 0 saturated heterocycles. The number of carbonyl (C=O) groups excluding carboxylic acids is 3. The molecule has 0 atom stereocenters. The minimum Gasteiger partial charge on any atom is -0.469 e. The number of amides is 3. The molecule has 0 fully saturated rings. The lowest BCUT2D eigenvalue weighted by atomic mass is 10.3. The number of urea groups is 1. The predicted molar refractivity (Wildman–Crippen MR) is 70.5 cm³/mol. The average molecular weight is 271 g/mol. The van der Waals surface area contributed by atoms with E-state index in [1.807, 2.05) is 6.92 Å². The summed E-state index contributed by atoms with van der Waals surface area (Å²) in [7, 11) is 1.31. The van der Waals surface area contributed by atoms with E-state index in [9.17, 15) is 14.4 Å². The molecule has 0 aliphatic rings. The minimum atomic E-state index is -0.561. The lowest BCUT2D eigenvalue weighted by Crippen LogP contribution is -2.44. The Morgan fingerprint density at radius 2 is 2.05 bits per heavy atom. The van der Waals surface area contributed by atoms with Crippen LogP contribution < -0.4 is 10.6 Å². The van der Waals surface area contributed by atoms with E-state index in [1.165, 1.54) is 13.2 Å². The molecule has 0 unspecified atom stereocenters. The van der Waals surface area contributed by atoms with Gasteiger partial charge in [0.25, 0.3) is 0 Å². The summed E-state index contributed by atoms with van der Waals surface area (Å²) in [5, 5.41) is 4.62. The fourth-order valence-corrected chi connectivity index (χ4v) is 1.28. The quantitative estimate of drug-likeness (QED) is 0.475. The number of carbonyl (C=O) groups is 3. The number of ether oxygens (including phenoxy) is 1. The summed E-state index contributed by atoms with van der Waals surface area (Å²) in [4.78, 5) is 35.5. The molecule has 0 aromatic heterocycles. The summed E-state index contributed by atoms with van der Waals surface area (Å²) in [5.41, 5.74) is 0. The van der Waals surface area contributed by atoms with Crippen LogP contribution in [0.5, 0.6) is 0 Å². The second-order valence-electron chi connectivity index (χ2n) is 3.74. The second kappa shape index (κ2) is 10.1. The number of esters is 1. The van der Waals surface area contributed by atoms with Crippen molar-refractivity contribution in [3.8, 4) is 0 Å². The van der Waals surface area contributed by atoms with Crippen molar-refractivity contribution in [2.75, 3.05) is 33.3 Å². The van der Waals surface area contributed by atoms with Gasteiger partial charge < -0.3 is 10.1 Å². The molecule has 0 rings (SSSR count). The largest absolute Gasteiger partial charge is 0.469 e. The Labute approximate surface area is 113 Å². The molecular formula is C12H21N3O4. The fraction of sp³-hybridized carbons (Fsp3) is 0.583. The molecular weight excluding hydrogens is 250 g/mol. The van der Waals surface area contributed by atoms with Crippen LogP contribution in [0.1, 0.15) is 13.3 Å². The van der Waals surface area contributed by atoms with Gasteiger partial charge in [-0.3, -0.25) is 19.8 Å². The Kier molecular flexibility index (Phi) is 9.07. The van der Waals surface area contributed by atoms with Crippen molar-refractivity contribution in [3.05, 3.63) is 12.7 Å². The molecule has 0 saturated carbocycles. The highest BCUT2D eigenvalue weighted by Crippen LogP contribution is 1.93. The molecule has 0 bridgehead atoms. The average Bonchev–Trinajstić information content (AvgIpc) is 2.40. The molecule has 0 radical (unpaired) electrons. The van der Waals surface area contributed by atoms with E-state index in [0.29, 0.717) is 19.6 Å². The van der Waals surface area contributed by atoms with Gasteiger partial charge in [-0.25, -0.2) is 4.79 Å². The van der Waals surface area contributed by atoms with Crippen molar-refractivity contribution in [3.63, 3.8) is 0 Å². The van der Waals surface area contributed by atoms with Crippen molar-refractivity contribution >= 4 is 17.9 Å². The van der Waals surface area contributed by atoms with Crippen molar-refractivity contribution in [1.82, 2.24) is 15.5 Å². The molecule has 108 valence electrons. The van der Waals surface area contributed by atoms with Crippen LogP contribution in [0.3, 0.4) is 0 Å². The van der Waals surface area contributed by atoms with Crippen LogP contribution in [0.4, 0.5) is 4.79 Å². The number of rotatable bonds is 8. The highest BCUT2D eigenvalue weighted by atomic mass is 16.5. The third kappa shape index (κ3) is 8.78. The molecule has 0 aromatic carbocycles. The lowest BCUT2D eigenvalue weighted by molar-refractivity contribution is -0.141. The Morgan fingerprint density at radius 1 is 1.37 bits per heavy atom. The first-order valence-electron chi connectivity index (χ1n) is 6.01. The van der Waals surface area contributed by atoms with Gasteiger partial charge >= 0.3 is 12.0 Å². The molecule has 0 aromatic rings. The third-order valence-electron chi connectivity index (χ3n) is 2.33. The molecule has 0 spiro atoms. The highest BCUT2D eigenvalue weighted by molar-refractivity contribution is 5.95. The van der Waals surface area contributed by atoms with E-state index in [4.69, 9.17) is 0 Å². The molecule has 7 nitrogen and oxygen atoms in total. The van der Waals surface area contributed by atoms with Crippen molar-refractivity contribution in [2.24, 2.45) is 0 Å². The first-order chi connectivity index (χ1) is 9.03. The molecule has 3 amide bonds. The van der Waals surface area contributed by atoms with Gasteiger partial charge in [-0.15, -0.1) is 6.58 Å². The summed E-state index contributed by atoms with van der Waals surface area (Å²) in [6, 6.07) is -0.561. The summed E-state index contributed by atoms with van der Waals surface area (Å²) >= 11 is 0. The van der Waals surface area contributed by atoms with Gasteiger partial charge in [0.1, 0.15) is 0 Å². The lowest BCUT2D eigenvalue weighted by Gasteiger charge is -2.18. The molecule has 0 aliphatic carbocycles. The van der Waals surface area contributed by atoms with Crippen LogP contribution in [0.2, 0.25) is 0 Å². The zero-order valence-corrected chi connectivity index (χ0v) is 11.4. The van der Waals surface area contributed by atoms with Gasteiger partial charge in [0.05, 0.1) is 20.1 Å². The Morgan fingerprint density at radius 3 is 2.58 bits per heavy atom. The van der Waals surface area contributed by atoms with Crippen LogP contribution in [0.15, 0.2) is 12.7 Å². The molecule has 0 heterocycles. The number of nitrogens with one attached hydrogen (secondary N) is 2. The first-order valence-corrected chi connectivity index (χ1v) is 6.01. The number of likely N-dealkylation sites (N-methyl/N-ethyl adjacent to an activating group) is 1. The molecule has 7 heteroatoms. The maximum atomic E-state index is 11.5. The van der Waals surface area contributed by atoms with Crippen molar-refractivity contribution in [1.29, 1.82) is 0 Å².